The molecule has 2 heterocycles. The second-order valence-corrected chi connectivity index (χ2v) is 5.71. The molecule has 1 aromatic rings. The van der Waals surface area contributed by atoms with E-state index in [0.29, 0.717) is 18.2 Å². The summed E-state index contributed by atoms with van der Waals surface area (Å²) in [5.41, 5.74) is 0.853. The SMILES string of the molecule is Cl.Cn1cc(C(=O)NCC2NCCCC2(C)C)cn1. The lowest BCUT2D eigenvalue weighted by atomic mass is 9.77. The number of aryl methyl sites for hydroxylation is 1. The molecule has 5 nitrogen and oxygen atoms in total. The van der Waals surface area contributed by atoms with Gasteiger partial charge in [-0.05, 0) is 24.8 Å². The predicted molar refractivity (Wildman–Crippen MR) is 77.6 cm³/mol. The summed E-state index contributed by atoms with van der Waals surface area (Å²) >= 11 is 0. The summed E-state index contributed by atoms with van der Waals surface area (Å²) in [4.78, 5) is 11.9. The number of piperidine rings is 1. The Morgan fingerprint density at radius 2 is 2.37 bits per heavy atom. The van der Waals surface area contributed by atoms with E-state index in [1.807, 2.05) is 7.05 Å². The van der Waals surface area contributed by atoms with Crippen LogP contribution in [0, 0.1) is 5.41 Å². The van der Waals surface area contributed by atoms with Crippen LogP contribution in [0.5, 0.6) is 0 Å². The van der Waals surface area contributed by atoms with Crippen molar-refractivity contribution in [2.45, 2.75) is 32.7 Å². The number of rotatable bonds is 3. The molecule has 2 N–H and O–H groups in total. The van der Waals surface area contributed by atoms with Crippen LogP contribution >= 0.6 is 12.4 Å². The molecule has 0 spiro atoms. The minimum absolute atomic E-state index is 0. The van der Waals surface area contributed by atoms with E-state index in [-0.39, 0.29) is 23.7 Å². The van der Waals surface area contributed by atoms with Crippen molar-refractivity contribution < 1.29 is 4.79 Å². The topological polar surface area (TPSA) is 59.0 Å². The normalized spacial score (nSPS) is 21.5. The van der Waals surface area contributed by atoms with Gasteiger partial charge in [0.05, 0.1) is 11.8 Å². The van der Waals surface area contributed by atoms with Crippen LogP contribution in [0.15, 0.2) is 12.4 Å². The van der Waals surface area contributed by atoms with Crippen LogP contribution in [-0.2, 0) is 7.05 Å². The van der Waals surface area contributed by atoms with E-state index in [4.69, 9.17) is 0 Å². The molecule has 0 aliphatic carbocycles. The van der Waals surface area contributed by atoms with Gasteiger partial charge in [0.1, 0.15) is 0 Å². The number of amides is 1. The second-order valence-electron chi connectivity index (χ2n) is 5.71. The summed E-state index contributed by atoms with van der Waals surface area (Å²) in [6, 6.07) is 0.340. The summed E-state index contributed by atoms with van der Waals surface area (Å²) in [5, 5.41) is 10.5. The van der Waals surface area contributed by atoms with Crippen molar-refractivity contribution in [1.82, 2.24) is 20.4 Å². The number of carbonyl (C=O) groups is 1. The Kier molecular flexibility index (Phi) is 5.38. The molecule has 2 rings (SSSR count). The molecule has 0 saturated carbocycles. The minimum Gasteiger partial charge on any atom is -0.350 e. The fourth-order valence-corrected chi connectivity index (χ4v) is 2.45. The Bertz CT molecular complexity index is 430. The Labute approximate surface area is 120 Å². The molecule has 108 valence electrons. The van der Waals surface area contributed by atoms with E-state index < -0.39 is 0 Å². The van der Waals surface area contributed by atoms with Gasteiger partial charge in [-0.3, -0.25) is 9.48 Å². The smallest absolute Gasteiger partial charge is 0.254 e. The number of hydrogen-bond acceptors (Lipinski definition) is 3. The lowest BCUT2D eigenvalue weighted by molar-refractivity contribution is 0.0929. The zero-order chi connectivity index (χ0) is 13.2. The molecule has 1 amide bonds. The first kappa shape index (κ1) is 16.0. The molecule has 0 aromatic carbocycles. The molecule has 1 aliphatic rings. The molecule has 19 heavy (non-hydrogen) atoms. The summed E-state index contributed by atoms with van der Waals surface area (Å²) in [6.07, 6.45) is 5.73. The average molecular weight is 287 g/mol. The van der Waals surface area contributed by atoms with Gasteiger partial charge in [0.25, 0.3) is 5.91 Å². The van der Waals surface area contributed by atoms with Gasteiger partial charge in [-0.15, -0.1) is 12.4 Å². The maximum atomic E-state index is 11.9. The standard InChI is InChI=1S/C13H22N4O.ClH/c1-13(2)5-4-6-14-11(13)8-15-12(18)10-7-16-17(3)9-10;/h7,9,11,14H,4-6,8H2,1-3H3,(H,15,18);1H. The maximum Gasteiger partial charge on any atom is 0.254 e. The summed E-state index contributed by atoms with van der Waals surface area (Å²) in [7, 11) is 1.81. The van der Waals surface area contributed by atoms with Crippen molar-refractivity contribution in [2.75, 3.05) is 13.1 Å². The highest BCUT2D eigenvalue weighted by Gasteiger charge is 2.31. The molecular formula is C13H23ClN4O. The van der Waals surface area contributed by atoms with Gasteiger partial charge in [0, 0.05) is 25.8 Å². The van der Waals surface area contributed by atoms with Crippen molar-refractivity contribution >= 4 is 18.3 Å². The lowest BCUT2D eigenvalue weighted by Crippen LogP contribution is -2.52. The maximum absolute atomic E-state index is 11.9. The van der Waals surface area contributed by atoms with Crippen LogP contribution in [0.3, 0.4) is 0 Å². The Morgan fingerprint density at radius 1 is 1.63 bits per heavy atom. The van der Waals surface area contributed by atoms with Crippen molar-refractivity contribution in [2.24, 2.45) is 12.5 Å². The van der Waals surface area contributed by atoms with Gasteiger partial charge in [0.2, 0.25) is 0 Å². The van der Waals surface area contributed by atoms with Crippen LogP contribution in [0.25, 0.3) is 0 Å². The van der Waals surface area contributed by atoms with Gasteiger partial charge < -0.3 is 10.6 Å². The molecule has 0 radical (unpaired) electrons. The second kappa shape index (κ2) is 6.39. The first-order chi connectivity index (χ1) is 8.49. The van der Waals surface area contributed by atoms with E-state index in [1.165, 1.54) is 12.8 Å². The van der Waals surface area contributed by atoms with E-state index >= 15 is 0 Å². The van der Waals surface area contributed by atoms with Crippen molar-refractivity contribution in [3.63, 3.8) is 0 Å². The van der Waals surface area contributed by atoms with Crippen LogP contribution in [0.4, 0.5) is 0 Å². The van der Waals surface area contributed by atoms with Gasteiger partial charge in [0.15, 0.2) is 0 Å². The quantitative estimate of drug-likeness (QED) is 0.882. The number of aromatic nitrogens is 2. The summed E-state index contributed by atoms with van der Waals surface area (Å²) in [5.74, 6) is -0.0497. The fourth-order valence-electron chi connectivity index (χ4n) is 2.45. The highest BCUT2D eigenvalue weighted by molar-refractivity contribution is 5.93. The van der Waals surface area contributed by atoms with Crippen LogP contribution in [0.1, 0.15) is 37.0 Å². The first-order valence-electron chi connectivity index (χ1n) is 6.49. The molecule has 0 bridgehead atoms. The Balaban J connectivity index is 0.00000180. The van der Waals surface area contributed by atoms with Crippen molar-refractivity contribution in [3.8, 4) is 0 Å². The molecule has 1 atom stereocenters. The summed E-state index contributed by atoms with van der Waals surface area (Å²) < 4.78 is 1.64. The van der Waals surface area contributed by atoms with E-state index in [9.17, 15) is 4.79 Å². The zero-order valence-corrected chi connectivity index (χ0v) is 12.6. The monoisotopic (exact) mass is 286 g/mol. The third-order valence-corrected chi connectivity index (χ3v) is 3.77. The van der Waals surface area contributed by atoms with E-state index in [0.717, 1.165) is 6.54 Å². The number of nitrogens with zero attached hydrogens (tertiary/aromatic N) is 2. The summed E-state index contributed by atoms with van der Waals surface area (Å²) in [6.45, 7) is 6.21. The Hall–Kier alpha value is -1.07. The van der Waals surface area contributed by atoms with Crippen molar-refractivity contribution in [3.05, 3.63) is 18.0 Å². The zero-order valence-electron chi connectivity index (χ0n) is 11.8. The molecule has 1 saturated heterocycles. The number of carbonyl (C=O) groups excluding carboxylic acids is 1. The molecule has 1 aliphatic heterocycles. The van der Waals surface area contributed by atoms with E-state index in [2.05, 4.69) is 29.6 Å². The molecule has 1 unspecified atom stereocenters. The van der Waals surface area contributed by atoms with Crippen LogP contribution in [-0.4, -0.2) is 34.8 Å². The van der Waals surface area contributed by atoms with E-state index in [1.54, 1.807) is 17.1 Å². The third kappa shape index (κ3) is 3.94. The molecule has 6 heteroatoms. The van der Waals surface area contributed by atoms with Crippen LogP contribution in [0.2, 0.25) is 0 Å². The van der Waals surface area contributed by atoms with Crippen LogP contribution < -0.4 is 10.6 Å². The van der Waals surface area contributed by atoms with Gasteiger partial charge in [-0.25, -0.2) is 0 Å². The highest BCUT2D eigenvalue weighted by Crippen LogP contribution is 2.29. The lowest BCUT2D eigenvalue weighted by Gasteiger charge is -2.39. The Morgan fingerprint density at radius 3 is 2.95 bits per heavy atom. The number of halogens is 1. The molecular weight excluding hydrogens is 264 g/mol. The predicted octanol–water partition coefficient (Wildman–Crippen LogP) is 1.35. The highest BCUT2D eigenvalue weighted by atomic mass is 35.5. The van der Waals surface area contributed by atoms with Gasteiger partial charge in [-0.2, -0.15) is 5.10 Å². The van der Waals surface area contributed by atoms with Gasteiger partial charge >= 0.3 is 0 Å². The first-order valence-corrected chi connectivity index (χ1v) is 6.49. The van der Waals surface area contributed by atoms with Crippen molar-refractivity contribution in [1.29, 1.82) is 0 Å². The number of nitrogens with one attached hydrogen (secondary N) is 2. The molecule has 1 aromatic heterocycles. The third-order valence-electron chi connectivity index (χ3n) is 3.77. The minimum atomic E-state index is -0.0497. The molecule has 1 fully saturated rings. The average Bonchev–Trinajstić information content (AvgIpc) is 2.73. The van der Waals surface area contributed by atoms with Gasteiger partial charge in [-0.1, -0.05) is 13.8 Å². The number of hydrogen-bond donors (Lipinski definition) is 2. The fraction of sp³-hybridized carbons (Fsp3) is 0.692. The largest absolute Gasteiger partial charge is 0.350 e.